The lowest BCUT2D eigenvalue weighted by atomic mass is 10.2. The van der Waals surface area contributed by atoms with Gasteiger partial charge in [-0.1, -0.05) is 30.3 Å². The molecule has 1 aromatic carbocycles. The Morgan fingerprint density at radius 2 is 2.00 bits per heavy atom. The Balaban J connectivity index is 1.66. The van der Waals surface area contributed by atoms with Crippen molar-refractivity contribution in [2.45, 2.75) is 6.54 Å². The SMILES string of the molecule is O=C(NCc1ccccc1)c1cc(-c2ccco2)cs1. The molecule has 4 heteroatoms. The zero-order valence-electron chi connectivity index (χ0n) is 10.7. The molecule has 1 N–H and O–H groups in total. The van der Waals surface area contributed by atoms with E-state index in [9.17, 15) is 4.79 Å². The molecule has 0 saturated carbocycles. The number of furan rings is 1. The highest BCUT2D eigenvalue weighted by Gasteiger charge is 2.11. The van der Waals surface area contributed by atoms with Gasteiger partial charge >= 0.3 is 0 Å². The van der Waals surface area contributed by atoms with Gasteiger partial charge in [0.15, 0.2) is 0 Å². The number of nitrogens with one attached hydrogen (secondary N) is 1. The summed E-state index contributed by atoms with van der Waals surface area (Å²) >= 11 is 1.42. The van der Waals surface area contributed by atoms with Crippen molar-refractivity contribution in [2.75, 3.05) is 0 Å². The number of amides is 1. The molecule has 0 aliphatic carbocycles. The van der Waals surface area contributed by atoms with Crippen molar-refractivity contribution in [2.24, 2.45) is 0 Å². The number of thiophene rings is 1. The van der Waals surface area contributed by atoms with Crippen molar-refractivity contribution in [3.63, 3.8) is 0 Å². The fraction of sp³-hybridized carbons (Fsp3) is 0.0625. The van der Waals surface area contributed by atoms with E-state index in [1.54, 1.807) is 6.26 Å². The summed E-state index contributed by atoms with van der Waals surface area (Å²) in [6.45, 7) is 0.535. The van der Waals surface area contributed by atoms with Gasteiger partial charge in [-0.25, -0.2) is 0 Å². The molecule has 2 aromatic heterocycles. The summed E-state index contributed by atoms with van der Waals surface area (Å²) in [5.41, 5.74) is 2.02. The standard InChI is InChI=1S/C16H13NO2S/c18-16(17-10-12-5-2-1-3-6-12)15-9-13(11-20-15)14-7-4-8-19-14/h1-9,11H,10H2,(H,17,18). The molecule has 0 spiro atoms. The molecule has 0 aliphatic heterocycles. The van der Waals surface area contributed by atoms with Crippen LogP contribution >= 0.6 is 11.3 Å². The molecule has 0 unspecified atom stereocenters. The van der Waals surface area contributed by atoms with Crippen molar-refractivity contribution in [3.05, 3.63) is 70.6 Å². The van der Waals surface area contributed by atoms with Crippen molar-refractivity contribution < 1.29 is 9.21 Å². The maximum atomic E-state index is 12.1. The van der Waals surface area contributed by atoms with Crippen LogP contribution in [0.1, 0.15) is 15.2 Å². The molecule has 0 saturated heterocycles. The maximum absolute atomic E-state index is 12.1. The van der Waals surface area contributed by atoms with Crippen LogP contribution in [0.3, 0.4) is 0 Å². The smallest absolute Gasteiger partial charge is 0.261 e. The second kappa shape index (κ2) is 5.75. The molecule has 0 atom stereocenters. The summed E-state index contributed by atoms with van der Waals surface area (Å²) in [5, 5.41) is 4.84. The Bertz CT molecular complexity index is 686. The quantitative estimate of drug-likeness (QED) is 0.788. The molecule has 0 bridgehead atoms. The van der Waals surface area contributed by atoms with Gasteiger partial charge in [0.2, 0.25) is 0 Å². The molecule has 0 aliphatic rings. The highest BCUT2D eigenvalue weighted by molar-refractivity contribution is 7.12. The van der Waals surface area contributed by atoms with Gasteiger partial charge in [0.05, 0.1) is 11.1 Å². The summed E-state index contributed by atoms with van der Waals surface area (Å²) in [5.74, 6) is 0.722. The predicted octanol–water partition coefficient (Wildman–Crippen LogP) is 3.94. The molecule has 100 valence electrons. The third kappa shape index (κ3) is 2.81. The average Bonchev–Trinajstić information content (AvgIpc) is 3.16. The lowest BCUT2D eigenvalue weighted by Crippen LogP contribution is -2.21. The van der Waals surface area contributed by atoms with Crippen LogP contribution in [-0.2, 0) is 6.54 Å². The van der Waals surface area contributed by atoms with E-state index in [0.717, 1.165) is 16.9 Å². The maximum Gasteiger partial charge on any atom is 0.261 e. The van der Waals surface area contributed by atoms with E-state index in [1.165, 1.54) is 11.3 Å². The van der Waals surface area contributed by atoms with E-state index < -0.39 is 0 Å². The van der Waals surface area contributed by atoms with Gasteiger partial charge in [0, 0.05) is 17.5 Å². The Morgan fingerprint density at radius 1 is 1.15 bits per heavy atom. The van der Waals surface area contributed by atoms with Crippen molar-refractivity contribution in [1.29, 1.82) is 0 Å². The first-order valence-electron chi connectivity index (χ1n) is 6.27. The van der Waals surface area contributed by atoms with Crippen LogP contribution in [0.15, 0.2) is 64.6 Å². The average molecular weight is 283 g/mol. The normalized spacial score (nSPS) is 10.4. The molecular formula is C16H13NO2S. The van der Waals surface area contributed by atoms with Crippen LogP contribution in [-0.4, -0.2) is 5.91 Å². The zero-order valence-corrected chi connectivity index (χ0v) is 11.5. The van der Waals surface area contributed by atoms with Crippen LogP contribution in [0.25, 0.3) is 11.3 Å². The first kappa shape index (κ1) is 12.7. The van der Waals surface area contributed by atoms with Crippen LogP contribution < -0.4 is 5.32 Å². The van der Waals surface area contributed by atoms with Crippen LogP contribution in [0.4, 0.5) is 0 Å². The predicted molar refractivity (Wildman–Crippen MR) is 79.6 cm³/mol. The lowest BCUT2D eigenvalue weighted by molar-refractivity contribution is 0.0955. The molecule has 1 amide bonds. The third-order valence-electron chi connectivity index (χ3n) is 2.92. The molecule has 3 aromatic rings. The van der Waals surface area contributed by atoms with E-state index >= 15 is 0 Å². The Hall–Kier alpha value is -2.33. The lowest BCUT2D eigenvalue weighted by Gasteiger charge is -2.03. The molecule has 0 radical (unpaired) electrons. The van der Waals surface area contributed by atoms with Crippen molar-refractivity contribution in [3.8, 4) is 11.3 Å². The molecule has 3 rings (SSSR count). The topological polar surface area (TPSA) is 42.2 Å². The van der Waals surface area contributed by atoms with Gasteiger partial charge in [0.1, 0.15) is 5.76 Å². The number of rotatable bonds is 4. The van der Waals surface area contributed by atoms with Gasteiger partial charge in [-0.2, -0.15) is 0 Å². The van der Waals surface area contributed by atoms with Gasteiger partial charge in [-0.3, -0.25) is 4.79 Å². The van der Waals surface area contributed by atoms with E-state index in [4.69, 9.17) is 4.42 Å². The number of carbonyl (C=O) groups excluding carboxylic acids is 1. The largest absolute Gasteiger partial charge is 0.464 e. The summed E-state index contributed by atoms with van der Waals surface area (Å²) in [6, 6.07) is 15.4. The van der Waals surface area contributed by atoms with E-state index in [0.29, 0.717) is 11.4 Å². The zero-order chi connectivity index (χ0) is 13.8. The number of hydrogen-bond donors (Lipinski definition) is 1. The van der Waals surface area contributed by atoms with Crippen LogP contribution in [0.5, 0.6) is 0 Å². The fourth-order valence-electron chi connectivity index (χ4n) is 1.89. The second-order valence-corrected chi connectivity index (χ2v) is 5.26. The minimum Gasteiger partial charge on any atom is -0.464 e. The van der Waals surface area contributed by atoms with Crippen LogP contribution in [0, 0.1) is 0 Å². The molecule has 20 heavy (non-hydrogen) atoms. The molecule has 0 fully saturated rings. The monoisotopic (exact) mass is 283 g/mol. The highest BCUT2D eigenvalue weighted by atomic mass is 32.1. The number of hydrogen-bond acceptors (Lipinski definition) is 3. The molecule has 2 heterocycles. The Labute approximate surface area is 120 Å². The third-order valence-corrected chi connectivity index (χ3v) is 3.85. The van der Waals surface area contributed by atoms with Gasteiger partial charge in [-0.05, 0) is 23.8 Å². The minimum atomic E-state index is -0.0586. The molecular weight excluding hydrogens is 270 g/mol. The Kier molecular flexibility index (Phi) is 3.65. The summed E-state index contributed by atoms with van der Waals surface area (Å²) in [7, 11) is 0. The Morgan fingerprint density at radius 3 is 2.75 bits per heavy atom. The van der Waals surface area contributed by atoms with E-state index in [1.807, 2.05) is 53.9 Å². The summed E-state index contributed by atoms with van der Waals surface area (Å²) in [4.78, 5) is 12.8. The first-order valence-corrected chi connectivity index (χ1v) is 7.15. The van der Waals surface area contributed by atoms with Gasteiger partial charge < -0.3 is 9.73 Å². The second-order valence-electron chi connectivity index (χ2n) is 4.35. The first-order chi connectivity index (χ1) is 9.83. The minimum absolute atomic E-state index is 0.0586. The summed E-state index contributed by atoms with van der Waals surface area (Å²) < 4.78 is 5.32. The highest BCUT2D eigenvalue weighted by Crippen LogP contribution is 2.25. The van der Waals surface area contributed by atoms with E-state index in [-0.39, 0.29) is 5.91 Å². The number of benzene rings is 1. The summed E-state index contributed by atoms with van der Waals surface area (Å²) in [6.07, 6.45) is 1.63. The molecule has 3 nitrogen and oxygen atoms in total. The van der Waals surface area contributed by atoms with Gasteiger partial charge in [0.25, 0.3) is 5.91 Å². The van der Waals surface area contributed by atoms with Crippen molar-refractivity contribution >= 4 is 17.2 Å². The fourth-order valence-corrected chi connectivity index (χ4v) is 2.70. The van der Waals surface area contributed by atoms with E-state index in [2.05, 4.69) is 5.32 Å². The van der Waals surface area contributed by atoms with Crippen molar-refractivity contribution in [1.82, 2.24) is 5.32 Å². The van der Waals surface area contributed by atoms with Gasteiger partial charge in [-0.15, -0.1) is 11.3 Å². The number of carbonyl (C=O) groups is 1. The van der Waals surface area contributed by atoms with Crippen LogP contribution in [0.2, 0.25) is 0 Å².